The van der Waals surface area contributed by atoms with Gasteiger partial charge in [-0.15, -0.1) is 0 Å². The Morgan fingerprint density at radius 1 is 1.27 bits per heavy atom. The highest BCUT2D eigenvalue weighted by Crippen LogP contribution is 2.12. The quantitative estimate of drug-likeness (QED) is 0.602. The molecule has 1 atom stereocenters. The molecule has 56 valence electrons. The van der Waals surface area contributed by atoms with Gasteiger partial charge in [-0.25, -0.2) is 0 Å². The third-order valence-electron chi connectivity index (χ3n) is 1.58. The maximum absolute atomic E-state index is 8.34. The van der Waals surface area contributed by atoms with Crippen molar-refractivity contribution in [2.45, 2.75) is 12.8 Å². The maximum Gasteiger partial charge on any atom is 0.108 e. The molecular formula is C10H10O. The topological polar surface area (TPSA) is 20.2 Å². The Labute approximate surface area is 66.7 Å². The Balaban J connectivity index is 2.82. The minimum Gasteiger partial charge on any atom is -0.462 e. The Bertz CT molecular complexity index is 266. The summed E-state index contributed by atoms with van der Waals surface area (Å²) in [7, 11) is 0. The number of benzene rings is 1. The predicted molar refractivity (Wildman–Crippen MR) is 44.6 cm³/mol. The zero-order valence-electron chi connectivity index (χ0n) is 6.41. The van der Waals surface area contributed by atoms with Crippen molar-refractivity contribution < 1.29 is 5.11 Å². The van der Waals surface area contributed by atoms with Gasteiger partial charge < -0.3 is 5.11 Å². The standard InChI is InChI=1S/C10H10O/c1-9(7-8-11)10-5-3-2-4-6-10/h2-6,9,11H,1H3. The van der Waals surface area contributed by atoms with Gasteiger partial charge in [0.05, 0.1) is 0 Å². The Morgan fingerprint density at radius 2 is 1.91 bits per heavy atom. The van der Waals surface area contributed by atoms with Crippen LogP contribution in [0.5, 0.6) is 0 Å². The van der Waals surface area contributed by atoms with Crippen molar-refractivity contribution in [3.63, 3.8) is 0 Å². The van der Waals surface area contributed by atoms with Crippen LogP contribution in [0.3, 0.4) is 0 Å². The normalized spacial score (nSPS) is 11.4. The van der Waals surface area contributed by atoms with Crippen LogP contribution >= 0.6 is 0 Å². The molecule has 1 aromatic carbocycles. The lowest BCUT2D eigenvalue weighted by molar-refractivity contribution is 0.515. The second-order valence-electron chi connectivity index (χ2n) is 2.39. The lowest BCUT2D eigenvalue weighted by Gasteiger charge is -2.01. The minimum absolute atomic E-state index is 0.112. The molecule has 0 aliphatic heterocycles. The molecule has 0 amide bonds. The summed E-state index contributed by atoms with van der Waals surface area (Å²) < 4.78 is 0. The van der Waals surface area contributed by atoms with Crippen molar-refractivity contribution in [1.29, 1.82) is 0 Å². The highest BCUT2D eigenvalue weighted by atomic mass is 16.2. The van der Waals surface area contributed by atoms with Gasteiger partial charge in [-0.05, 0) is 12.5 Å². The van der Waals surface area contributed by atoms with Crippen molar-refractivity contribution in [3.05, 3.63) is 35.9 Å². The van der Waals surface area contributed by atoms with Crippen LogP contribution in [0.15, 0.2) is 30.3 Å². The van der Waals surface area contributed by atoms with Gasteiger partial charge in [0.1, 0.15) is 6.11 Å². The summed E-state index contributed by atoms with van der Waals surface area (Å²) in [6.07, 6.45) is 1.92. The Kier molecular flexibility index (Phi) is 2.57. The fourth-order valence-electron chi connectivity index (χ4n) is 0.922. The molecule has 0 aromatic heterocycles. The maximum atomic E-state index is 8.34. The number of aliphatic hydroxyl groups excluding tert-OH is 1. The van der Waals surface area contributed by atoms with Gasteiger partial charge in [0, 0.05) is 5.92 Å². The van der Waals surface area contributed by atoms with E-state index in [1.165, 1.54) is 0 Å². The molecular weight excluding hydrogens is 136 g/mol. The van der Waals surface area contributed by atoms with Crippen LogP contribution < -0.4 is 0 Å². The van der Waals surface area contributed by atoms with Crippen LogP contribution in [0.4, 0.5) is 0 Å². The molecule has 1 N–H and O–H groups in total. The summed E-state index contributed by atoms with van der Waals surface area (Å²) in [6, 6.07) is 9.88. The Morgan fingerprint density at radius 3 is 2.45 bits per heavy atom. The van der Waals surface area contributed by atoms with Gasteiger partial charge in [-0.2, -0.15) is 0 Å². The monoisotopic (exact) mass is 146 g/mol. The van der Waals surface area contributed by atoms with Gasteiger partial charge >= 0.3 is 0 Å². The molecule has 1 unspecified atom stereocenters. The molecule has 0 fully saturated rings. The highest BCUT2D eigenvalue weighted by Gasteiger charge is 1.98. The van der Waals surface area contributed by atoms with E-state index in [1.807, 2.05) is 43.4 Å². The average molecular weight is 146 g/mol. The molecule has 0 saturated heterocycles. The van der Waals surface area contributed by atoms with Gasteiger partial charge in [0.25, 0.3) is 0 Å². The van der Waals surface area contributed by atoms with Crippen LogP contribution in [-0.4, -0.2) is 5.11 Å². The molecule has 0 aliphatic rings. The van der Waals surface area contributed by atoms with E-state index in [9.17, 15) is 0 Å². The molecule has 0 aliphatic carbocycles. The first kappa shape index (κ1) is 7.68. The summed E-state index contributed by atoms with van der Waals surface area (Å²) in [6.45, 7) is 1.96. The zero-order valence-corrected chi connectivity index (χ0v) is 6.41. The SMILES string of the molecule is CC(C#CO)c1ccccc1. The highest BCUT2D eigenvalue weighted by molar-refractivity contribution is 5.25. The van der Waals surface area contributed by atoms with E-state index >= 15 is 0 Å². The summed E-state index contributed by atoms with van der Waals surface area (Å²) in [5.74, 6) is 2.78. The summed E-state index contributed by atoms with van der Waals surface area (Å²) >= 11 is 0. The number of rotatable bonds is 1. The zero-order chi connectivity index (χ0) is 8.10. The average Bonchev–Trinajstić information content (AvgIpc) is 2.07. The van der Waals surface area contributed by atoms with Crippen molar-refractivity contribution in [3.8, 4) is 12.0 Å². The van der Waals surface area contributed by atoms with E-state index in [0.29, 0.717) is 0 Å². The largest absolute Gasteiger partial charge is 0.462 e. The van der Waals surface area contributed by atoms with Crippen LogP contribution in [0.25, 0.3) is 0 Å². The van der Waals surface area contributed by atoms with Crippen LogP contribution in [-0.2, 0) is 0 Å². The number of aliphatic hydroxyl groups is 1. The molecule has 0 radical (unpaired) electrons. The summed E-state index contributed by atoms with van der Waals surface area (Å²) in [5.41, 5.74) is 1.13. The number of hydrogen-bond acceptors (Lipinski definition) is 1. The molecule has 0 bridgehead atoms. The van der Waals surface area contributed by atoms with E-state index in [1.54, 1.807) is 0 Å². The van der Waals surface area contributed by atoms with E-state index < -0.39 is 0 Å². The van der Waals surface area contributed by atoms with Gasteiger partial charge in [-0.1, -0.05) is 36.3 Å². The van der Waals surface area contributed by atoms with Crippen molar-refractivity contribution in [1.82, 2.24) is 0 Å². The molecule has 1 nitrogen and oxygen atoms in total. The van der Waals surface area contributed by atoms with E-state index in [2.05, 4.69) is 5.92 Å². The van der Waals surface area contributed by atoms with Crippen LogP contribution in [0, 0.1) is 12.0 Å². The summed E-state index contributed by atoms with van der Waals surface area (Å²) in [4.78, 5) is 0. The van der Waals surface area contributed by atoms with Crippen molar-refractivity contribution in [2.75, 3.05) is 0 Å². The first-order valence-corrected chi connectivity index (χ1v) is 3.54. The van der Waals surface area contributed by atoms with Gasteiger partial charge in [0.15, 0.2) is 0 Å². The Hall–Kier alpha value is -1.42. The fourth-order valence-corrected chi connectivity index (χ4v) is 0.922. The molecule has 1 heteroatoms. The third kappa shape index (κ3) is 2.01. The minimum atomic E-state index is 0.112. The van der Waals surface area contributed by atoms with Gasteiger partial charge in [0.2, 0.25) is 0 Å². The molecule has 1 rings (SSSR count). The van der Waals surface area contributed by atoms with Gasteiger partial charge in [-0.3, -0.25) is 0 Å². The first-order chi connectivity index (χ1) is 5.34. The van der Waals surface area contributed by atoms with Crippen LogP contribution in [0.1, 0.15) is 18.4 Å². The smallest absolute Gasteiger partial charge is 0.108 e. The van der Waals surface area contributed by atoms with Crippen LogP contribution in [0.2, 0.25) is 0 Å². The fraction of sp³-hybridized carbons (Fsp3) is 0.200. The molecule has 0 heterocycles. The lowest BCUT2D eigenvalue weighted by Crippen LogP contribution is -1.87. The number of hydrogen-bond donors (Lipinski definition) is 1. The third-order valence-corrected chi connectivity index (χ3v) is 1.58. The van der Waals surface area contributed by atoms with Crippen molar-refractivity contribution in [2.24, 2.45) is 0 Å². The second kappa shape index (κ2) is 3.68. The molecule has 11 heavy (non-hydrogen) atoms. The van der Waals surface area contributed by atoms with E-state index in [-0.39, 0.29) is 5.92 Å². The first-order valence-electron chi connectivity index (χ1n) is 3.54. The van der Waals surface area contributed by atoms with E-state index in [0.717, 1.165) is 5.56 Å². The molecule has 0 spiro atoms. The second-order valence-corrected chi connectivity index (χ2v) is 2.39. The predicted octanol–water partition coefficient (Wildman–Crippen LogP) is 2.12. The van der Waals surface area contributed by atoms with E-state index in [4.69, 9.17) is 5.11 Å². The summed E-state index contributed by atoms with van der Waals surface area (Å²) in [5, 5.41) is 8.34. The molecule has 0 saturated carbocycles. The van der Waals surface area contributed by atoms with Crippen molar-refractivity contribution >= 4 is 0 Å². The molecule has 1 aromatic rings. The lowest BCUT2D eigenvalue weighted by atomic mass is 10.0.